The smallest absolute Gasteiger partial charge is 0.124 e. The summed E-state index contributed by atoms with van der Waals surface area (Å²) < 4.78 is 14.0. The number of halogens is 2. The highest BCUT2D eigenvalue weighted by molar-refractivity contribution is 14.1. The van der Waals surface area contributed by atoms with Crippen LogP contribution in [-0.4, -0.2) is 6.54 Å². The highest BCUT2D eigenvalue weighted by Crippen LogP contribution is 2.28. The first-order chi connectivity index (χ1) is 8.54. The number of hydrogen-bond donors (Lipinski definition) is 1. The average molecular weight is 359 g/mol. The monoisotopic (exact) mass is 359 g/mol. The van der Waals surface area contributed by atoms with Crippen molar-refractivity contribution in [3.05, 3.63) is 39.2 Å². The second-order valence-corrected chi connectivity index (χ2v) is 6.46. The molecule has 1 aliphatic rings. The lowest BCUT2D eigenvalue weighted by Crippen LogP contribution is -2.20. The van der Waals surface area contributed by atoms with Gasteiger partial charge in [0.15, 0.2) is 0 Å². The minimum atomic E-state index is -0.171. The van der Waals surface area contributed by atoms with Gasteiger partial charge in [-0.05, 0) is 72.4 Å². The molecule has 0 fully saturated rings. The molecule has 2 atom stereocenters. The van der Waals surface area contributed by atoms with E-state index in [-0.39, 0.29) is 5.82 Å². The molecule has 1 N–H and O–H groups in total. The third-order valence-corrected chi connectivity index (χ3v) is 4.29. The van der Waals surface area contributed by atoms with Gasteiger partial charge in [0.2, 0.25) is 0 Å². The van der Waals surface area contributed by atoms with Crippen molar-refractivity contribution in [3.63, 3.8) is 0 Å². The van der Waals surface area contributed by atoms with Gasteiger partial charge in [-0.25, -0.2) is 4.39 Å². The maximum atomic E-state index is 13.0. The van der Waals surface area contributed by atoms with Gasteiger partial charge in [0.1, 0.15) is 5.82 Å². The van der Waals surface area contributed by atoms with E-state index < -0.39 is 0 Å². The number of rotatable bonds is 3. The molecule has 18 heavy (non-hydrogen) atoms. The Labute approximate surface area is 122 Å². The van der Waals surface area contributed by atoms with Crippen molar-refractivity contribution in [1.82, 2.24) is 0 Å². The third-order valence-electron chi connectivity index (χ3n) is 3.40. The maximum Gasteiger partial charge on any atom is 0.124 e. The van der Waals surface area contributed by atoms with Crippen molar-refractivity contribution >= 4 is 28.3 Å². The van der Waals surface area contributed by atoms with E-state index in [2.05, 4.69) is 47.8 Å². The fourth-order valence-electron chi connectivity index (χ4n) is 2.73. The van der Waals surface area contributed by atoms with Gasteiger partial charge in [-0.2, -0.15) is 0 Å². The molecule has 0 spiro atoms. The van der Waals surface area contributed by atoms with Crippen LogP contribution >= 0.6 is 22.6 Å². The van der Waals surface area contributed by atoms with Gasteiger partial charge < -0.3 is 5.32 Å². The molecule has 2 rings (SSSR count). The van der Waals surface area contributed by atoms with Gasteiger partial charge in [-0.3, -0.25) is 0 Å². The van der Waals surface area contributed by atoms with E-state index in [1.165, 1.54) is 24.5 Å². The first-order valence-electron chi connectivity index (χ1n) is 6.41. The van der Waals surface area contributed by atoms with Gasteiger partial charge in [-0.15, -0.1) is 0 Å². The molecule has 0 radical (unpaired) electrons. The Bertz CT molecular complexity index is 456. The zero-order valence-electron chi connectivity index (χ0n) is 10.8. The van der Waals surface area contributed by atoms with E-state index in [1.54, 1.807) is 6.07 Å². The quantitative estimate of drug-likeness (QED) is 0.602. The Hall–Kier alpha value is -0.580. The molecule has 0 saturated heterocycles. The SMILES string of the molecule is CC1=CC(C)CC(CNc2ccc(F)cc2I)C1. The van der Waals surface area contributed by atoms with Gasteiger partial charge in [0.05, 0.1) is 0 Å². The van der Waals surface area contributed by atoms with Gasteiger partial charge in [-0.1, -0.05) is 18.6 Å². The molecule has 0 aliphatic heterocycles. The molecule has 2 unspecified atom stereocenters. The number of hydrogen-bond acceptors (Lipinski definition) is 1. The largest absolute Gasteiger partial charge is 0.384 e. The zero-order chi connectivity index (χ0) is 13.1. The summed E-state index contributed by atoms with van der Waals surface area (Å²) in [4.78, 5) is 0. The second-order valence-electron chi connectivity index (χ2n) is 5.30. The van der Waals surface area contributed by atoms with Crippen LogP contribution in [0.15, 0.2) is 29.8 Å². The fourth-order valence-corrected chi connectivity index (χ4v) is 3.40. The Kier molecular flexibility index (Phi) is 4.65. The van der Waals surface area contributed by atoms with E-state index in [0.717, 1.165) is 15.8 Å². The predicted molar refractivity (Wildman–Crippen MR) is 83.3 cm³/mol. The minimum Gasteiger partial charge on any atom is -0.384 e. The minimum absolute atomic E-state index is 0.171. The molecule has 0 amide bonds. The molecule has 1 aromatic rings. The summed E-state index contributed by atoms with van der Waals surface area (Å²) in [6, 6.07) is 4.91. The summed E-state index contributed by atoms with van der Waals surface area (Å²) in [5.74, 6) is 1.19. The molecule has 1 aromatic carbocycles. The molecule has 0 heterocycles. The second kappa shape index (κ2) is 6.04. The van der Waals surface area contributed by atoms with Crippen molar-refractivity contribution in [2.45, 2.75) is 26.7 Å². The van der Waals surface area contributed by atoms with Crippen molar-refractivity contribution in [2.24, 2.45) is 11.8 Å². The number of allylic oxidation sites excluding steroid dienone is 2. The summed E-state index contributed by atoms with van der Waals surface area (Å²) in [5.41, 5.74) is 2.53. The summed E-state index contributed by atoms with van der Waals surface area (Å²) in [5, 5.41) is 3.45. The molecule has 1 aliphatic carbocycles. The normalized spacial score (nSPS) is 23.7. The summed E-state index contributed by atoms with van der Waals surface area (Å²) in [7, 11) is 0. The van der Waals surface area contributed by atoms with Crippen LogP contribution in [0.2, 0.25) is 0 Å². The van der Waals surface area contributed by atoms with Crippen molar-refractivity contribution in [2.75, 3.05) is 11.9 Å². The Morgan fingerprint density at radius 1 is 1.44 bits per heavy atom. The zero-order valence-corrected chi connectivity index (χ0v) is 13.0. The van der Waals surface area contributed by atoms with E-state index in [4.69, 9.17) is 0 Å². The highest BCUT2D eigenvalue weighted by Gasteiger charge is 2.17. The maximum absolute atomic E-state index is 13.0. The Morgan fingerprint density at radius 3 is 2.89 bits per heavy atom. The summed E-state index contributed by atoms with van der Waals surface area (Å²) in [6.07, 6.45) is 4.79. The Balaban J connectivity index is 1.94. The molecule has 1 nitrogen and oxygen atoms in total. The molecular formula is C15H19FIN. The van der Waals surface area contributed by atoms with Crippen LogP contribution in [0.1, 0.15) is 26.7 Å². The molecule has 0 aromatic heterocycles. The third kappa shape index (κ3) is 3.70. The lowest BCUT2D eigenvalue weighted by atomic mass is 9.84. The topological polar surface area (TPSA) is 12.0 Å². The fraction of sp³-hybridized carbons (Fsp3) is 0.467. The number of anilines is 1. The van der Waals surface area contributed by atoms with Crippen LogP contribution in [0.5, 0.6) is 0 Å². The standard InChI is InChI=1S/C15H19FIN/c1-10-5-11(2)7-12(6-10)9-18-15-4-3-13(16)8-14(15)17/h3-5,8,10,12,18H,6-7,9H2,1-2H3. The number of benzene rings is 1. The Morgan fingerprint density at radius 2 is 2.22 bits per heavy atom. The highest BCUT2D eigenvalue weighted by atomic mass is 127. The van der Waals surface area contributed by atoms with Crippen LogP contribution < -0.4 is 5.32 Å². The average Bonchev–Trinajstić information content (AvgIpc) is 2.26. The van der Waals surface area contributed by atoms with Crippen molar-refractivity contribution in [1.29, 1.82) is 0 Å². The van der Waals surface area contributed by atoms with Gasteiger partial charge >= 0.3 is 0 Å². The van der Waals surface area contributed by atoms with Crippen LogP contribution in [0.4, 0.5) is 10.1 Å². The summed E-state index contributed by atoms with van der Waals surface area (Å²) >= 11 is 2.17. The number of nitrogens with one attached hydrogen (secondary N) is 1. The summed E-state index contributed by atoms with van der Waals surface area (Å²) in [6.45, 7) is 5.46. The molecule has 0 saturated carbocycles. The molecule has 3 heteroatoms. The lowest BCUT2D eigenvalue weighted by Gasteiger charge is -2.26. The lowest BCUT2D eigenvalue weighted by molar-refractivity contribution is 0.421. The van der Waals surface area contributed by atoms with Gasteiger partial charge in [0.25, 0.3) is 0 Å². The van der Waals surface area contributed by atoms with Crippen LogP contribution in [0.3, 0.4) is 0 Å². The van der Waals surface area contributed by atoms with Crippen LogP contribution in [0, 0.1) is 21.2 Å². The molecule has 98 valence electrons. The first kappa shape index (κ1) is 13.8. The molecule has 0 bridgehead atoms. The van der Waals surface area contributed by atoms with Gasteiger partial charge in [0, 0.05) is 15.8 Å². The van der Waals surface area contributed by atoms with Crippen molar-refractivity contribution in [3.8, 4) is 0 Å². The van der Waals surface area contributed by atoms with Crippen molar-refractivity contribution < 1.29 is 4.39 Å². The van der Waals surface area contributed by atoms with E-state index >= 15 is 0 Å². The van der Waals surface area contributed by atoms with E-state index in [1.807, 2.05) is 6.07 Å². The molecular weight excluding hydrogens is 340 g/mol. The first-order valence-corrected chi connectivity index (χ1v) is 7.48. The van der Waals surface area contributed by atoms with Crippen LogP contribution in [-0.2, 0) is 0 Å². The predicted octanol–water partition coefficient (Wildman–Crippen LogP) is 4.83. The van der Waals surface area contributed by atoms with E-state index in [9.17, 15) is 4.39 Å². The van der Waals surface area contributed by atoms with E-state index in [0.29, 0.717) is 11.8 Å². The van der Waals surface area contributed by atoms with Crippen LogP contribution in [0.25, 0.3) is 0 Å².